The lowest BCUT2D eigenvalue weighted by Crippen LogP contribution is -2.27. The van der Waals surface area contributed by atoms with Crippen LogP contribution in [-0.2, 0) is 11.4 Å². The highest BCUT2D eigenvalue weighted by molar-refractivity contribution is 8.27. The van der Waals surface area contributed by atoms with Gasteiger partial charge in [-0.1, -0.05) is 65.9 Å². The van der Waals surface area contributed by atoms with Gasteiger partial charge in [0.1, 0.15) is 6.61 Å². The van der Waals surface area contributed by atoms with Crippen LogP contribution in [0.1, 0.15) is 16.7 Å². The highest BCUT2D eigenvalue weighted by Crippen LogP contribution is 2.38. The van der Waals surface area contributed by atoms with E-state index >= 15 is 0 Å². The van der Waals surface area contributed by atoms with E-state index in [1.165, 1.54) is 16.7 Å². The van der Waals surface area contributed by atoms with Crippen molar-refractivity contribution in [2.24, 2.45) is 0 Å². The standard InChI is InChI=1S/C25H17ClN2O3S2/c1-30-22-11-16(9-10-21(22)31-15-18-6-3-2-5-17(18)14-27)12-23-24(29)28(25(32)33-23)20-8-4-7-19(26)13-20/h2-13H,15H2,1H3/b23-12+. The fraction of sp³-hybridized carbons (Fsp3) is 0.0800. The summed E-state index contributed by atoms with van der Waals surface area (Å²) < 4.78 is 11.8. The molecular formula is C25H17ClN2O3S2. The number of nitriles is 1. The fourth-order valence-corrected chi connectivity index (χ4v) is 4.74. The Balaban J connectivity index is 1.55. The number of hydrogen-bond donors (Lipinski definition) is 0. The highest BCUT2D eigenvalue weighted by atomic mass is 35.5. The zero-order valence-electron chi connectivity index (χ0n) is 17.4. The maximum absolute atomic E-state index is 13.0. The third-order valence-electron chi connectivity index (χ3n) is 4.87. The van der Waals surface area contributed by atoms with Gasteiger partial charge in [0.15, 0.2) is 15.8 Å². The molecule has 5 nitrogen and oxygen atoms in total. The Bertz CT molecular complexity index is 1320. The molecule has 1 saturated heterocycles. The summed E-state index contributed by atoms with van der Waals surface area (Å²) in [5.41, 5.74) is 2.75. The van der Waals surface area contributed by atoms with Gasteiger partial charge < -0.3 is 9.47 Å². The highest BCUT2D eigenvalue weighted by Gasteiger charge is 2.33. The lowest BCUT2D eigenvalue weighted by Gasteiger charge is -2.14. The van der Waals surface area contributed by atoms with Gasteiger partial charge in [-0.05, 0) is 48.0 Å². The van der Waals surface area contributed by atoms with Crippen molar-refractivity contribution >= 4 is 57.6 Å². The molecule has 0 aliphatic carbocycles. The molecule has 0 atom stereocenters. The van der Waals surface area contributed by atoms with E-state index in [1.54, 1.807) is 55.7 Å². The zero-order valence-corrected chi connectivity index (χ0v) is 19.8. The number of nitrogens with zero attached hydrogens (tertiary/aromatic N) is 2. The summed E-state index contributed by atoms with van der Waals surface area (Å²) in [6, 6.07) is 21.8. The summed E-state index contributed by atoms with van der Waals surface area (Å²) in [6.07, 6.45) is 1.77. The van der Waals surface area contributed by atoms with Gasteiger partial charge in [0.2, 0.25) is 0 Å². The molecule has 4 rings (SSSR count). The molecule has 33 heavy (non-hydrogen) atoms. The van der Waals surface area contributed by atoms with Gasteiger partial charge in [-0.15, -0.1) is 0 Å². The van der Waals surface area contributed by atoms with E-state index in [9.17, 15) is 10.1 Å². The first kappa shape index (κ1) is 22.9. The molecule has 1 aliphatic heterocycles. The number of hydrogen-bond acceptors (Lipinski definition) is 6. The van der Waals surface area contributed by atoms with E-state index in [1.807, 2.05) is 24.3 Å². The lowest BCUT2D eigenvalue weighted by molar-refractivity contribution is -0.113. The van der Waals surface area contributed by atoms with E-state index < -0.39 is 0 Å². The molecule has 1 aliphatic rings. The Morgan fingerprint density at radius 2 is 1.94 bits per heavy atom. The van der Waals surface area contributed by atoms with Crippen molar-refractivity contribution in [3.8, 4) is 17.6 Å². The molecule has 8 heteroatoms. The van der Waals surface area contributed by atoms with Crippen molar-refractivity contribution < 1.29 is 14.3 Å². The minimum absolute atomic E-state index is 0.209. The van der Waals surface area contributed by atoms with Crippen LogP contribution < -0.4 is 14.4 Å². The van der Waals surface area contributed by atoms with E-state index in [2.05, 4.69) is 6.07 Å². The third kappa shape index (κ3) is 5.04. The molecule has 0 aromatic heterocycles. The van der Waals surface area contributed by atoms with Crippen molar-refractivity contribution in [2.45, 2.75) is 6.61 Å². The van der Waals surface area contributed by atoms with Crippen LogP contribution in [0.4, 0.5) is 5.69 Å². The van der Waals surface area contributed by atoms with Crippen molar-refractivity contribution in [1.29, 1.82) is 5.26 Å². The number of ether oxygens (including phenoxy) is 2. The first-order chi connectivity index (χ1) is 16.0. The fourth-order valence-electron chi connectivity index (χ4n) is 3.26. The molecule has 164 valence electrons. The van der Waals surface area contributed by atoms with Gasteiger partial charge in [-0.25, -0.2) is 0 Å². The van der Waals surface area contributed by atoms with Crippen LogP contribution in [0, 0.1) is 11.3 Å². The second-order valence-electron chi connectivity index (χ2n) is 6.96. The maximum atomic E-state index is 13.0. The lowest BCUT2D eigenvalue weighted by atomic mass is 10.1. The van der Waals surface area contributed by atoms with Gasteiger partial charge in [-0.2, -0.15) is 5.26 Å². The number of thiocarbonyl (C=S) groups is 1. The molecule has 3 aromatic carbocycles. The first-order valence-corrected chi connectivity index (χ1v) is 11.4. The van der Waals surface area contributed by atoms with Gasteiger partial charge in [0.25, 0.3) is 5.91 Å². The second kappa shape index (κ2) is 10.1. The Morgan fingerprint density at radius 3 is 2.70 bits per heavy atom. The summed E-state index contributed by atoms with van der Waals surface area (Å²) in [4.78, 5) is 15.0. The number of methoxy groups -OCH3 is 1. The summed E-state index contributed by atoms with van der Waals surface area (Å²) >= 11 is 12.7. The van der Waals surface area contributed by atoms with E-state index in [0.29, 0.717) is 37.0 Å². The number of halogens is 1. The van der Waals surface area contributed by atoms with Crippen molar-refractivity contribution in [1.82, 2.24) is 0 Å². The molecule has 1 heterocycles. The van der Waals surface area contributed by atoms with Gasteiger partial charge in [0, 0.05) is 10.6 Å². The van der Waals surface area contributed by atoms with Crippen LogP contribution in [0.2, 0.25) is 5.02 Å². The van der Waals surface area contributed by atoms with Crippen molar-refractivity contribution in [2.75, 3.05) is 12.0 Å². The summed E-state index contributed by atoms with van der Waals surface area (Å²) in [7, 11) is 1.55. The molecule has 0 bridgehead atoms. The SMILES string of the molecule is COc1cc(/C=C2/SC(=S)N(c3cccc(Cl)c3)C2=O)ccc1OCc1ccccc1C#N. The molecule has 0 unspecified atom stereocenters. The number of carbonyl (C=O) groups is 1. The van der Waals surface area contributed by atoms with Crippen LogP contribution >= 0.6 is 35.6 Å². The average molecular weight is 493 g/mol. The van der Waals surface area contributed by atoms with Gasteiger partial charge >= 0.3 is 0 Å². The topological polar surface area (TPSA) is 62.6 Å². The molecule has 1 fully saturated rings. The third-order valence-corrected chi connectivity index (χ3v) is 6.40. The van der Waals surface area contributed by atoms with Gasteiger partial charge in [-0.3, -0.25) is 9.69 Å². The predicted octanol–water partition coefficient (Wildman–Crippen LogP) is 6.21. The number of thioether (sulfide) groups is 1. The number of carbonyl (C=O) groups excluding carboxylic acids is 1. The molecule has 1 amide bonds. The molecular weight excluding hydrogens is 476 g/mol. The molecule has 3 aromatic rings. The monoisotopic (exact) mass is 492 g/mol. The minimum atomic E-state index is -0.209. The van der Waals surface area contributed by atoms with Gasteiger partial charge in [0.05, 0.1) is 29.3 Å². The second-order valence-corrected chi connectivity index (χ2v) is 9.08. The Morgan fingerprint density at radius 1 is 1.12 bits per heavy atom. The van der Waals surface area contributed by atoms with Crippen LogP contribution in [0.15, 0.2) is 71.6 Å². The zero-order chi connectivity index (χ0) is 23.4. The number of benzene rings is 3. The van der Waals surface area contributed by atoms with Crippen LogP contribution in [-0.4, -0.2) is 17.3 Å². The van der Waals surface area contributed by atoms with E-state index in [-0.39, 0.29) is 12.5 Å². The van der Waals surface area contributed by atoms with Crippen LogP contribution in [0.5, 0.6) is 11.5 Å². The summed E-state index contributed by atoms with van der Waals surface area (Å²) in [6.45, 7) is 0.234. The van der Waals surface area contributed by atoms with Crippen molar-refractivity contribution in [3.63, 3.8) is 0 Å². The quantitative estimate of drug-likeness (QED) is 0.301. The summed E-state index contributed by atoms with van der Waals surface area (Å²) in [5, 5.41) is 9.78. The van der Waals surface area contributed by atoms with E-state index in [0.717, 1.165) is 11.1 Å². The number of rotatable bonds is 6. The largest absolute Gasteiger partial charge is 0.493 e. The minimum Gasteiger partial charge on any atom is -0.493 e. The Kier molecular flexibility index (Phi) is 6.99. The Labute approximate surface area is 206 Å². The van der Waals surface area contributed by atoms with Crippen LogP contribution in [0.3, 0.4) is 0 Å². The smallest absolute Gasteiger partial charge is 0.270 e. The molecule has 0 saturated carbocycles. The molecule has 0 radical (unpaired) electrons. The van der Waals surface area contributed by atoms with Crippen LogP contribution in [0.25, 0.3) is 6.08 Å². The molecule has 0 N–H and O–H groups in total. The van der Waals surface area contributed by atoms with Crippen molar-refractivity contribution in [3.05, 3.63) is 93.3 Å². The predicted molar refractivity (Wildman–Crippen MR) is 136 cm³/mol. The normalized spacial score (nSPS) is 14.5. The number of amides is 1. The summed E-state index contributed by atoms with van der Waals surface area (Å²) in [5.74, 6) is 0.844. The number of anilines is 1. The molecule has 0 spiro atoms. The van der Waals surface area contributed by atoms with E-state index in [4.69, 9.17) is 33.3 Å². The first-order valence-electron chi connectivity index (χ1n) is 9.82. The average Bonchev–Trinajstić information content (AvgIpc) is 3.10. The Hall–Kier alpha value is -3.31. The maximum Gasteiger partial charge on any atom is 0.270 e.